The average Bonchev–Trinajstić information content (AvgIpc) is 0.748. The van der Waals surface area contributed by atoms with Crippen LogP contribution in [-0.4, -0.2) is 44.3 Å². The van der Waals surface area contributed by atoms with Gasteiger partial charge in [0.2, 0.25) is 0 Å². The molecule has 1 aliphatic carbocycles. The molecule has 8 bridgehead atoms. The summed E-state index contributed by atoms with van der Waals surface area (Å²) in [5.41, 5.74) is 11.1. The van der Waals surface area contributed by atoms with Crippen LogP contribution in [0.4, 0.5) is 0 Å². The Kier molecular flexibility index (Phi) is 21.4. The molecule has 4 N–H and O–H groups in total. The maximum Gasteiger partial charge on any atom is 0.343 e. The van der Waals surface area contributed by atoms with Gasteiger partial charge in [-0.2, -0.15) is 0 Å². The van der Waals surface area contributed by atoms with E-state index in [0.717, 1.165) is 44.5 Å². The number of rotatable bonds is 20. The summed E-state index contributed by atoms with van der Waals surface area (Å²) in [4.78, 5) is 60.2. The van der Waals surface area contributed by atoms with E-state index in [0.29, 0.717) is 70.2 Å². The molecule has 520 valence electrons. The Labute approximate surface area is 606 Å². The molecule has 12 aromatic carbocycles. The molecule has 12 aromatic rings. The number of aromatic hydroxyl groups is 4. The molecule has 12 heteroatoms. The molecule has 0 unspecified atom stereocenters. The van der Waals surface area contributed by atoms with E-state index in [1.165, 1.54) is 12.1 Å². The van der Waals surface area contributed by atoms with Gasteiger partial charge in [-0.25, -0.2) is 19.2 Å². The molecule has 0 saturated carbocycles. The highest BCUT2D eigenvalue weighted by Crippen LogP contribution is 2.54. The van der Waals surface area contributed by atoms with Gasteiger partial charge in [-0.05, 0) is 174 Å². The lowest BCUT2D eigenvalue weighted by atomic mass is 9.76. The van der Waals surface area contributed by atoms with Gasteiger partial charge in [0.1, 0.15) is 46.0 Å². The molecule has 0 aromatic heterocycles. The van der Waals surface area contributed by atoms with Crippen LogP contribution in [0.3, 0.4) is 0 Å². The van der Waals surface area contributed by atoms with Crippen LogP contribution in [0.1, 0.15) is 180 Å². The van der Waals surface area contributed by atoms with Crippen molar-refractivity contribution < 1.29 is 58.6 Å². The summed E-state index contributed by atoms with van der Waals surface area (Å²) in [5.74, 6) is -7.88. The number of carbonyl (C=O) groups excluding carboxylic acids is 4. The van der Waals surface area contributed by atoms with Crippen molar-refractivity contribution in [1.82, 2.24) is 0 Å². The number of esters is 4. The predicted molar refractivity (Wildman–Crippen MR) is 403 cm³/mol. The summed E-state index contributed by atoms with van der Waals surface area (Å²) in [5, 5.41) is 52.0. The normalized spacial score (nSPS) is 14.6. The van der Waals surface area contributed by atoms with Gasteiger partial charge in [-0.15, -0.1) is 0 Å². The molecule has 0 radical (unpaired) electrons. The predicted octanol–water partition coefficient (Wildman–Crippen LogP) is 20.0. The lowest BCUT2D eigenvalue weighted by Crippen LogP contribution is -2.18. The number of hydrogen-bond acceptors (Lipinski definition) is 12. The van der Waals surface area contributed by atoms with Crippen molar-refractivity contribution in [2.45, 2.75) is 103 Å². The summed E-state index contributed by atoms with van der Waals surface area (Å²) < 4.78 is 26.9. The fourth-order valence-corrected chi connectivity index (χ4v) is 14.1. The summed E-state index contributed by atoms with van der Waals surface area (Å²) in [6, 6.07) is 80.1. The van der Waals surface area contributed by atoms with Gasteiger partial charge in [-0.1, -0.05) is 192 Å². The molecular formula is C92H80O12. The number of carbonyl (C=O) groups is 4. The van der Waals surface area contributed by atoms with Crippen molar-refractivity contribution in [3.63, 3.8) is 0 Å². The molecule has 0 fully saturated rings. The molecule has 0 aliphatic heterocycles. The minimum atomic E-state index is -0.933. The number of phenolic OH excluding ortho intramolecular Hbond substituents is 4. The Bertz CT molecular complexity index is 4430. The SMILES string of the molecule is Cc1ccc(C(=O)Oc2cc(OC(=O)c3ccc(C)cc3)c3cc2[C@H](CCc2ccccc2)c2cc(c(O)cc2O)[C@@H](CCc2ccccc2)c2cc(c(OC(=O)c4ccc(C)cc4)cc2OC(=O)c2ccc(C)cc2)[C@@H](CCc2ccccc2)c2cc(c(O)cc2O)[C@@H]3CCc2ccccc2)cc1. The zero-order valence-electron chi connectivity index (χ0n) is 58.4. The molecule has 0 saturated heterocycles. The van der Waals surface area contributed by atoms with Crippen molar-refractivity contribution in [1.29, 1.82) is 0 Å². The monoisotopic (exact) mass is 1380 g/mol. The number of hydrogen-bond donors (Lipinski definition) is 4. The summed E-state index contributed by atoms with van der Waals surface area (Å²) in [6.07, 6.45) is 2.57. The third-order valence-corrected chi connectivity index (χ3v) is 19.9. The summed E-state index contributed by atoms with van der Waals surface area (Å²) in [6.45, 7) is 7.65. The second kappa shape index (κ2) is 31.7. The smallest absolute Gasteiger partial charge is 0.343 e. The lowest BCUT2D eigenvalue weighted by Gasteiger charge is -2.30. The first-order valence-corrected chi connectivity index (χ1v) is 35.2. The molecule has 0 amide bonds. The van der Waals surface area contributed by atoms with E-state index >= 15 is 19.2 Å². The Balaban J connectivity index is 1.16. The highest BCUT2D eigenvalue weighted by Gasteiger charge is 2.36. The second-order valence-corrected chi connectivity index (χ2v) is 27.1. The van der Waals surface area contributed by atoms with Crippen LogP contribution in [0, 0.1) is 27.7 Å². The van der Waals surface area contributed by atoms with Gasteiger partial charge in [0.05, 0.1) is 22.3 Å². The molecule has 1 aliphatic rings. The Morgan fingerprint density at radius 2 is 0.442 bits per heavy atom. The molecule has 0 heterocycles. The van der Waals surface area contributed by atoms with Crippen LogP contribution in [-0.2, 0) is 25.7 Å². The van der Waals surface area contributed by atoms with Crippen LogP contribution < -0.4 is 18.9 Å². The lowest BCUT2D eigenvalue weighted by molar-refractivity contribution is 0.0711. The second-order valence-electron chi connectivity index (χ2n) is 27.1. The van der Waals surface area contributed by atoms with E-state index < -0.39 is 47.5 Å². The molecule has 4 atom stereocenters. The van der Waals surface area contributed by atoms with E-state index in [-0.39, 0.29) is 93.9 Å². The number of phenols is 4. The van der Waals surface area contributed by atoms with Crippen LogP contribution in [0.25, 0.3) is 0 Å². The Morgan fingerprint density at radius 3 is 0.644 bits per heavy atom. The zero-order chi connectivity index (χ0) is 72.4. The zero-order valence-corrected chi connectivity index (χ0v) is 58.4. The Morgan fingerprint density at radius 1 is 0.250 bits per heavy atom. The van der Waals surface area contributed by atoms with Crippen molar-refractivity contribution >= 4 is 23.9 Å². The molecule has 12 nitrogen and oxygen atoms in total. The molecule has 13 rings (SSSR count). The van der Waals surface area contributed by atoms with E-state index in [1.54, 1.807) is 72.8 Å². The number of aryl methyl sites for hydroxylation is 8. The van der Waals surface area contributed by atoms with Crippen molar-refractivity contribution in [3.05, 3.63) is 378 Å². The first kappa shape index (κ1) is 70.2. The average molecular weight is 1380 g/mol. The first-order valence-electron chi connectivity index (χ1n) is 35.2. The van der Waals surface area contributed by atoms with Gasteiger partial charge in [-0.3, -0.25) is 0 Å². The van der Waals surface area contributed by atoms with E-state index in [9.17, 15) is 20.4 Å². The largest absolute Gasteiger partial charge is 0.508 e. The van der Waals surface area contributed by atoms with E-state index in [4.69, 9.17) is 18.9 Å². The number of fused-ring (bicyclic) bond motifs is 8. The topological polar surface area (TPSA) is 186 Å². The first-order chi connectivity index (χ1) is 50.5. The fourth-order valence-electron chi connectivity index (χ4n) is 14.1. The summed E-state index contributed by atoms with van der Waals surface area (Å²) >= 11 is 0. The maximum atomic E-state index is 15.0. The number of ether oxygens (including phenoxy) is 4. The van der Waals surface area contributed by atoms with E-state index in [1.807, 2.05) is 210 Å². The van der Waals surface area contributed by atoms with E-state index in [2.05, 4.69) is 0 Å². The molecular weight excluding hydrogens is 1300 g/mol. The standard InChI is InChI=1S/C92H80O12/c1-57-25-37-65(38-26-57)89(97)101-85-55-86(102-90(98)66-39-27-58(2)28-40-66)78-51-77(85)69(45-33-61-17-9-5-10-18-61)73-49-74(82(94)53-81(73)93)71(47-35-63-21-13-7-14-22-63)79-52-80(88(104-92(100)68-43-31-60(4)32-44-68)56-87(79)103-91(99)67-41-29-59(3)30-42-67)72(48-36-64-23-15-8-16-24-64)76-50-75(83(95)54-84(76)96)70(78)46-34-62-19-11-6-12-20-62/h5-32,37-44,49-56,69-72,93-96H,33-36,45-48H2,1-4H3/t69-,70+,71-,72+. The molecule has 0 spiro atoms. The van der Waals surface area contributed by atoms with Crippen molar-refractivity contribution in [2.24, 2.45) is 0 Å². The third-order valence-electron chi connectivity index (χ3n) is 19.9. The minimum Gasteiger partial charge on any atom is -0.508 e. The van der Waals surface area contributed by atoms with Crippen LogP contribution in [0.5, 0.6) is 46.0 Å². The Hall–Kier alpha value is -12.3. The van der Waals surface area contributed by atoms with Gasteiger partial charge in [0.15, 0.2) is 0 Å². The third kappa shape index (κ3) is 16.4. The van der Waals surface area contributed by atoms with Crippen LogP contribution in [0.2, 0.25) is 0 Å². The summed E-state index contributed by atoms with van der Waals surface area (Å²) in [7, 11) is 0. The van der Waals surface area contributed by atoms with Gasteiger partial charge in [0.25, 0.3) is 0 Å². The number of benzene rings is 12. The van der Waals surface area contributed by atoms with Gasteiger partial charge >= 0.3 is 23.9 Å². The van der Waals surface area contributed by atoms with Crippen molar-refractivity contribution in [2.75, 3.05) is 0 Å². The maximum absolute atomic E-state index is 15.0. The highest BCUT2D eigenvalue weighted by molar-refractivity contribution is 5.94. The van der Waals surface area contributed by atoms with Crippen molar-refractivity contribution in [3.8, 4) is 46.0 Å². The van der Waals surface area contributed by atoms with Gasteiger partial charge < -0.3 is 39.4 Å². The quantitative estimate of drug-likeness (QED) is 0.0419. The van der Waals surface area contributed by atoms with Crippen LogP contribution in [0.15, 0.2) is 267 Å². The molecule has 104 heavy (non-hydrogen) atoms. The van der Waals surface area contributed by atoms with Crippen LogP contribution >= 0.6 is 0 Å². The fraction of sp³-hybridized carbons (Fsp3) is 0.174. The minimum absolute atomic E-state index is 0.0102. The van der Waals surface area contributed by atoms with Gasteiger partial charge in [0, 0.05) is 92.4 Å². The highest BCUT2D eigenvalue weighted by atomic mass is 16.6.